The van der Waals surface area contributed by atoms with Crippen molar-refractivity contribution >= 4 is 29.1 Å². The number of hydrogen-bond acceptors (Lipinski definition) is 2. The average molecular weight is 287 g/mol. The van der Waals surface area contributed by atoms with Crippen LogP contribution < -0.4 is 0 Å². The Labute approximate surface area is 116 Å². The summed E-state index contributed by atoms with van der Waals surface area (Å²) in [7, 11) is 0. The van der Waals surface area contributed by atoms with Crippen LogP contribution in [0.2, 0.25) is 5.02 Å². The quantitative estimate of drug-likeness (QED) is 0.745. The van der Waals surface area contributed by atoms with Crippen LogP contribution in [-0.2, 0) is 0 Å². The van der Waals surface area contributed by atoms with Crippen molar-refractivity contribution in [2.75, 3.05) is 5.75 Å². The van der Waals surface area contributed by atoms with Crippen LogP contribution in [0.5, 0.6) is 0 Å². The van der Waals surface area contributed by atoms with Gasteiger partial charge >= 0.3 is 0 Å². The van der Waals surface area contributed by atoms with Crippen LogP contribution in [0.15, 0.2) is 18.2 Å². The zero-order chi connectivity index (χ0) is 13.0. The lowest BCUT2D eigenvalue weighted by Gasteiger charge is -2.20. The van der Waals surface area contributed by atoms with E-state index >= 15 is 0 Å². The minimum atomic E-state index is -0.517. The van der Waals surface area contributed by atoms with E-state index in [1.165, 1.54) is 44.2 Å². The van der Waals surface area contributed by atoms with E-state index in [4.69, 9.17) is 11.6 Å². The van der Waals surface area contributed by atoms with Crippen LogP contribution in [0.1, 0.15) is 42.5 Å². The number of ketones is 1. The molecule has 0 unspecified atom stereocenters. The largest absolute Gasteiger partial charge is 0.293 e. The summed E-state index contributed by atoms with van der Waals surface area (Å²) >= 11 is 7.33. The molecular weight excluding hydrogens is 271 g/mol. The second-order valence-corrected chi connectivity index (χ2v) is 6.34. The minimum Gasteiger partial charge on any atom is -0.293 e. The van der Waals surface area contributed by atoms with Crippen LogP contribution in [-0.4, -0.2) is 16.8 Å². The molecule has 1 saturated carbocycles. The van der Waals surface area contributed by atoms with Gasteiger partial charge in [0.25, 0.3) is 0 Å². The standard InChI is InChI=1S/C14H16ClFOS/c15-10-6-7-12(13(16)8-10)14(17)9-18-11-4-2-1-3-5-11/h6-8,11H,1-5,9H2. The van der Waals surface area contributed by atoms with Gasteiger partial charge in [-0.15, -0.1) is 0 Å². The van der Waals surface area contributed by atoms with Gasteiger partial charge in [-0.1, -0.05) is 30.9 Å². The minimum absolute atomic E-state index is 0.139. The molecule has 98 valence electrons. The second kappa shape index (κ2) is 6.58. The normalized spacial score (nSPS) is 16.8. The molecule has 2 rings (SSSR count). The molecule has 0 saturated heterocycles. The van der Waals surface area contributed by atoms with Gasteiger partial charge in [0.15, 0.2) is 5.78 Å². The fraction of sp³-hybridized carbons (Fsp3) is 0.500. The number of carbonyl (C=O) groups is 1. The first-order valence-corrected chi connectivity index (χ1v) is 7.69. The molecule has 0 spiro atoms. The summed E-state index contributed by atoms with van der Waals surface area (Å²) in [4.78, 5) is 11.9. The summed E-state index contributed by atoms with van der Waals surface area (Å²) in [5.41, 5.74) is 0.155. The fourth-order valence-electron chi connectivity index (χ4n) is 2.22. The zero-order valence-electron chi connectivity index (χ0n) is 10.1. The summed E-state index contributed by atoms with van der Waals surface area (Å²) in [6.07, 6.45) is 6.17. The SMILES string of the molecule is O=C(CSC1CCCCC1)c1ccc(Cl)cc1F. The molecule has 4 heteroatoms. The van der Waals surface area contributed by atoms with Gasteiger partial charge in [0, 0.05) is 10.3 Å². The van der Waals surface area contributed by atoms with E-state index in [9.17, 15) is 9.18 Å². The molecular formula is C14H16ClFOS. The monoisotopic (exact) mass is 286 g/mol. The van der Waals surface area contributed by atoms with Gasteiger partial charge in [0.2, 0.25) is 0 Å². The summed E-state index contributed by atoms with van der Waals surface area (Å²) in [5, 5.41) is 0.891. The highest BCUT2D eigenvalue weighted by Crippen LogP contribution is 2.29. The summed E-state index contributed by atoms with van der Waals surface area (Å²) in [5.74, 6) is -0.292. The molecule has 0 N–H and O–H groups in total. The number of halogens is 2. The smallest absolute Gasteiger partial charge is 0.175 e. The Kier molecular flexibility index (Phi) is 5.07. The highest BCUT2D eigenvalue weighted by atomic mass is 35.5. The predicted molar refractivity (Wildman–Crippen MR) is 75.1 cm³/mol. The van der Waals surface area contributed by atoms with Gasteiger partial charge in [0.05, 0.1) is 11.3 Å². The van der Waals surface area contributed by atoms with Gasteiger partial charge < -0.3 is 0 Å². The maximum atomic E-state index is 13.6. The van der Waals surface area contributed by atoms with Crippen LogP contribution >= 0.6 is 23.4 Å². The number of hydrogen-bond donors (Lipinski definition) is 0. The molecule has 0 aromatic heterocycles. The van der Waals surface area contributed by atoms with Crippen LogP contribution in [0.3, 0.4) is 0 Å². The third kappa shape index (κ3) is 3.72. The van der Waals surface area contributed by atoms with Gasteiger partial charge in [-0.05, 0) is 31.0 Å². The van der Waals surface area contributed by atoms with Gasteiger partial charge in [0.1, 0.15) is 5.82 Å². The molecule has 1 aromatic carbocycles. The summed E-state index contributed by atoms with van der Waals surface area (Å²) < 4.78 is 13.6. The van der Waals surface area contributed by atoms with Crippen molar-refractivity contribution in [3.05, 3.63) is 34.6 Å². The van der Waals surface area contributed by atoms with Crippen LogP contribution in [0, 0.1) is 5.82 Å². The van der Waals surface area contributed by atoms with Crippen molar-refractivity contribution in [1.82, 2.24) is 0 Å². The Balaban J connectivity index is 1.90. The summed E-state index contributed by atoms with van der Waals surface area (Å²) in [6.45, 7) is 0. The van der Waals surface area contributed by atoms with E-state index in [0.717, 1.165) is 0 Å². The van der Waals surface area contributed by atoms with Crippen LogP contribution in [0.4, 0.5) is 4.39 Å². The predicted octanol–water partition coefficient (Wildman–Crippen LogP) is 4.73. The number of carbonyl (C=O) groups excluding carboxylic acids is 1. The molecule has 0 aliphatic heterocycles. The fourth-order valence-corrected chi connectivity index (χ4v) is 3.59. The lowest BCUT2D eigenvalue weighted by atomic mass is 10.0. The van der Waals surface area contributed by atoms with E-state index < -0.39 is 5.82 Å². The van der Waals surface area contributed by atoms with E-state index in [0.29, 0.717) is 16.0 Å². The third-order valence-electron chi connectivity index (χ3n) is 3.23. The Morgan fingerprint density at radius 2 is 2.06 bits per heavy atom. The second-order valence-electron chi connectivity index (χ2n) is 4.62. The Bertz CT molecular complexity index is 430. The molecule has 0 amide bonds. The van der Waals surface area contributed by atoms with E-state index in [1.54, 1.807) is 17.8 Å². The van der Waals surface area contributed by atoms with E-state index in [-0.39, 0.29) is 11.3 Å². The van der Waals surface area contributed by atoms with Crippen LogP contribution in [0.25, 0.3) is 0 Å². The molecule has 0 heterocycles. The van der Waals surface area contributed by atoms with Crippen molar-refractivity contribution < 1.29 is 9.18 Å². The van der Waals surface area contributed by atoms with E-state index in [2.05, 4.69) is 0 Å². The van der Waals surface area contributed by atoms with Crippen molar-refractivity contribution in [3.8, 4) is 0 Å². The molecule has 0 atom stereocenters. The Morgan fingerprint density at radius 3 is 2.72 bits per heavy atom. The molecule has 18 heavy (non-hydrogen) atoms. The van der Waals surface area contributed by atoms with Gasteiger partial charge in [-0.25, -0.2) is 4.39 Å². The molecule has 0 radical (unpaired) electrons. The summed E-state index contributed by atoms with van der Waals surface area (Å²) in [6, 6.07) is 4.23. The first kappa shape index (κ1) is 13.9. The van der Waals surface area contributed by atoms with Crippen molar-refractivity contribution in [2.24, 2.45) is 0 Å². The highest BCUT2D eigenvalue weighted by Gasteiger charge is 2.17. The zero-order valence-corrected chi connectivity index (χ0v) is 11.7. The molecule has 1 nitrogen and oxygen atoms in total. The Morgan fingerprint density at radius 1 is 1.33 bits per heavy atom. The maximum absolute atomic E-state index is 13.6. The average Bonchev–Trinajstić information content (AvgIpc) is 2.37. The number of thioether (sulfide) groups is 1. The third-order valence-corrected chi connectivity index (χ3v) is 4.84. The number of benzene rings is 1. The topological polar surface area (TPSA) is 17.1 Å². The van der Waals surface area contributed by atoms with Gasteiger partial charge in [-0.3, -0.25) is 4.79 Å². The van der Waals surface area contributed by atoms with Crippen molar-refractivity contribution in [1.29, 1.82) is 0 Å². The first-order valence-electron chi connectivity index (χ1n) is 6.26. The first-order chi connectivity index (χ1) is 8.66. The van der Waals surface area contributed by atoms with Crippen molar-refractivity contribution in [2.45, 2.75) is 37.4 Å². The van der Waals surface area contributed by atoms with Gasteiger partial charge in [-0.2, -0.15) is 11.8 Å². The lowest BCUT2D eigenvalue weighted by Crippen LogP contribution is -2.13. The highest BCUT2D eigenvalue weighted by molar-refractivity contribution is 8.00. The Hall–Kier alpha value is -0.540. The number of rotatable bonds is 4. The molecule has 1 fully saturated rings. The lowest BCUT2D eigenvalue weighted by molar-refractivity contribution is 0.101. The molecule has 1 aliphatic rings. The molecule has 1 aromatic rings. The number of Topliss-reactive ketones (excluding diaryl/α,β-unsaturated/α-hetero) is 1. The van der Waals surface area contributed by atoms with Crippen molar-refractivity contribution in [3.63, 3.8) is 0 Å². The maximum Gasteiger partial charge on any atom is 0.175 e. The molecule has 0 bridgehead atoms. The van der Waals surface area contributed by atoms with E-state index in [1.807, 2.05) is 0 Å². The molecule has 1 aliphatic carbocycles.